The van der Waals surface area contributed by atoms with Crippen LogP contribution in [-0.4, -0.2) is 17.5 Å². The first-order valence-corrected chi connectivity index (χ1v) is 6.89. The highest BCUT2D eigenvalue weighted by Crippen LogP contribution is 2.35. The van der Waals surface area contributed by atoms with Gasteiger partial charge in [-0.15, -0.1) is 0 Å². The molecule has 100 valence electrons. The summed E-state index contributed by atoms with van der Waals surface area (Å²) in [7, 11) is 0. The first-order chi connectivity index (χ1) is 7.79. The van der Waals surface area contributed by atoms with Crippen molar-refractivity contribution in [1.29, 1.82) is 0 Å². The number of amides is 1. The second-order valence-electron chi connectivity index (χ2n) is 6.43. The van der Waals surface area contributed by atoms with Gasteiger partial charge in [0.2, 0.25) is 5.91 Å². The summed E-state index contributed by atoms with van der Waals surface area (Å²) in [5.74, 6) is 0.0133. The molecule has 0 aromatic rings. The van der Waals surface area contributed by atoms with Gasteiger partial charge < -0.3 is 11.1 Å². The summed E-state index contributed by atoms with van der Waals surface area (Å²) in [5.41, 5.74) is 5.55. The number of hydrogen-bond acceptors (Lipinski definition) is 2. The molecule has 0 bridgehead atoms. The van der Waals surface area contributed by atoms with Crippen molar-refractivity contribution in [2.75, 3.05) is 0 Å². The van der Waals surface area contributed by atoms with Gasteiger partial charge in [-0.1, -0.05) is 40.0 Å². The molecule has 1 aliphatic rings. The van der Waals surface area contributed by atoms with E-state index in [0.717, 1.165) is 19.3 Å². The molecule has 0 radical (unpaired) electrons. The number of carbonyl (C=O) groups is 1. The molecule has 0 heterocycles. The van der Waals surface area contributed by atoms with Crippen LogP contribution in [-0.2, 0) is 4.79 Å². The van der Waals surface area contributed by atoms with Crippen LogP contribution >= 0.6 is 0 Å². The van der Waals surface area contributed by atoms with Crippen LogP contribution in [0, 0.1) is 5.41 Å². The minimum atomic E-state index is -0.720. The largest absolute Gasteiger partial charge is 0.351 e. The summed E-state index contributed by atoms with van der Waals surface area (Å²) in [6.07, 6.45) is 6.44. The molecule has 0 aliphatic heterocycles. The van der Waals surface area contributed by atoms with Gasteiger partial charge in [-0.3, -0.25) is 4.79 Å². The van der Waals surface area contributed by atoms with Crippen LogP contribution in [0.5, 0.6) is 0 Å². The number of carbonyl (C=O) groups excluding carboxylic acids is 1. The second kappa shape index (κ2) is 5.38. The summed E-state index contributed by atoms with van der Waals surface area (Å²) in [6, 6.07) is 0.281. The molecule has 3 nitrogen and oxygen atoms in total. The predicted molar refractivity (Wildman–Crippen MR) is 71.7 cm³/mol. The van der Waals surface area contributed by atoms with Crippen molar-refractivity contribution in [1.82, 2.24) is 5.32 Å². The minimum Gasteiger partial charge on any atom is -0.351 e. The van der Waals surface area contributed by atoms with E-state index in [-0.39, 0.29) is 17.4 Å². The monoisotopic (exact) mass is 240 g/mol. The van der Waals surface area contributed by atoms with Crippen LogP contribution in [0.15, 0.2) is 0 Å². The second-order valence-corrected chi connectivity index (χ2v) is 6.43. The molecule has 0 aromatic heterocycles. The Kier molecular flexibility index (Phi) is 4.59. The molecule has 2 atom stereocenters. The SMILES string of the molecule is CCCC(C)(N)C(=O)NC1CCCCC1(C)C. The van der Waals surface area contributed by atoms with Crippen LogP contribution in [0.1, 0.15) is 66.2 Å². The molecule has 1 aliphatic carbocycles. The third-order valence-corrected chi connectivity index (χ3v) is 4.10. The zero-order valence-corrected chi connectivity index (χ0v) is 11.8. The molecule has 3 N–H and O–H groups in total. The third-order valence-electron chi connectivity index (χ3n) is 4.10. The van der Waals surface area contributed by atoms with Crippen molar-refractivity contribution < 1.29 is 4.79 Å². The van der Waals surface area contributed by atoms with Crippen LogP contribution < -0.4 is 11.1 Å². The fourth-order valence-electron chi connectivity index (χ4n) is 2.72. The minimum absolute atomic E-state index is 0.0133. The Hall–Kier alpha value is -0.570. The summed E-state index contributed by atoms with van der Waals surface area (Å²) in [6.45, 7) is 8.38. The number of nitrogens with two attached hydrogens (primary N) is 1. The first kappa shape index (κ1) is 14.5. The third kappa shape index (κ3) is 3.70. The van der Waals surface area contributed by atoms with Crippen molar-refractivity contribution in [3.63, 3.8) is 0 Å². The molecule has 17 heavy (non-hydrogen) atoms. The van der Waals surface area contributed by atoms with E-state index in [4.69, 9.17) is 5.73 Å². The summed E-state index contributed by atoms with van der Waals surface area (Å²) >= 11 is 0. The van der Waals surface area contributed by atoms with E-state index in [9.17, 15) is 4.79 Å². The number of hydrogen-bond donors (Lipinski definition) is 2. The van der Waals surface area contributed by atoms with E-state index in [1.54, 1.807) is 0 Å². The van der Waals surface area contributed by atoms with Gasteiger partial charge in [0.15, 0.2) is 0 Å². The Bertz CT molecular complexity index is 271. The maximum absolute atomic E-state index is 12.2. The van der Waals surface area contributed by atoms with Crippen molar-refractivity contribution >= 4 is 5.91 Å². The lowest BCUT2D eigenvalue weighted by atomic mass is 9.73. The van der Waals surface area contributed by atoms with Crippen molar-refractivity contribution in [3.05, 3.63) is 0 Å². The van der Waals surface area contributed by atoms with Gasteiger partial charge in [0.05, 0.1) is 5.54 Å². The Labute approximate surface area is 106 Å². The number of rotatable bonds is 4. The van der Waals surface area contributed by atoms with E-state index in [1.165, 1.54) is 19.3 Å². The van der Waals surface area contributed by atoms with Crippen LogP contribution in [0.2, 0.25) is 0 Å². The van der Waals surface area contributed by atoms with Gasteiger partial charge in [0, 0.05) is 6.04 Å². The van der Waals surface area contributed by atoms with Gasteiger partial charge >= 0.3 is 0 Å². The molecule has 3 heteroatoms. The smallest absolute Gasteiger partial charge is 0.240 e. The lowest BCUT2D eigenvalue weighted by Crippen LogP contribution is -2.57. The highest BCUT2D eigenvalue weighted by molar-refractivity contribution is 5.85. The predicted octanol–water partition coefficient (Wildman–Crippen LogP) is 2.59. The zero-order valence-electron chi connectivity index (χ0n) is 11.8. The Balaban J connectivity index is 2.61. The molecule has 1 fully saturated rings. The van der Waals surface area contributed by atoms with E-state index < -0.39 is 5.54 Å². The van der Waals surface area contributed by atoms with E-state index in [1.807, 2.05) is 6.92 Å². The van der Waals surface area contributed by atoms with E-state index in [2.05, 4.69) is 26.1 Å². The van der Waals surface area contributed by atoms with Crippen molar-refractivity contribution in [3.8, 4) is 0 Å². The average molecular weight is 240 g/mol. The Morgan fingerprint density at radius 1 is 1.47 bits per heavy atom. The highest BCUT2D eigenvalue weighted by atomic mass is 16.2. The Morgan fingerprint density at radius 3 is 2.65 bits per heavy atom. The van der Waals surface area contributed by atoms with Crippen LogP contribution in [0.25, 0.3) is 0 Å². The normalized spacial score (nSPS) is 27.2. The Morgan fingerprint density at radius 2 is 2.12 bits per heavy atom. The first-order valence-electron chi connectivity index (χ1n) is 6.89. The molecule has 1 rings (SSSR count). The fourth-order valence-corrected chi connectivity index (χ4v) is 2.72. The maximum Gasteiger partial charge on any atom is 0.240 e. The standard InChI is InChI=1S/C14H28N2O/c1-5-9-14(4,15)12(17)16-11-8-6-7-10-13(11,2)3/h11H,5-10,15H2,1-4H3,(H,16,17). The maximum atomic E-state index is 12.2. The van der Waals surface area contributed by atoms with Gasteiger partial charge in [-0.2, -0.15) is 0 Å². The lowest BCUT2D eigenvalue weighted by Gasteiger charge is -2.40. The molecule has 0 spiro atoms. The summed E-state index contributed by atoms with van der Waals surface area (Å²) < 4.78 is 0. The van der Waals surface area contributed by atoms with Gasteiger partial charge in [-0.25, -0.2) is 0 Å². The molecule has 0 aromatic carbocycles. The molecule has 1 saturated carbocycles. The fraction of sp³-hybridized carbons (Fsp3) is 0.929. The zero-order chi connectivity index (χ0) is 13.1. The van der Waals surface area contributed by atoms with Gasteiger partial charge in [-0.05, 0) is 31.6 Å². The molecule has 2 unspecified atom stereocenters. The summed E-state index contributed by atoms with van der Waals surface area (Å²) in [5, 5.41) is 3.17. The average Bonchev–Trinajstić information content (AvgIpc) is 2.20. The van der Waals surface area contributed by atoms with Crippen LogP contribution in [0.4, 0.5) is 0 Å². The number of nitrogens with one attached hydrogen (secondary N) is 1. The molecular formula is C14H28N2O. The molecular weight excluding hydrogens is 212 g/mol. The molecule has 0 saturated heterocycles. The lowest BCUT2D eigenvalue weighted by molar-refractivity contribution is -0.128. The quantitative estimate of drug-likeness (QED) is 0.793. The van der Waals surface area contributed by atoms with E-state index >= 15 is 0 Å². The van der Waals surface area contributed by atoms with Crippen molar-refractivity contribution in [2.24, 2.45) is 11.1 Å². The van der Waals surface area contributed by atoms with Gasteiger partial charge in [0.25, 0.3) is 0 Å². The summed E-state index contributed by atoms with van der Waals surface area (Å²) in [4.78, 5) is 12.2. The van der Waals surface area contributed by atoms with Crippen molar-refractivity contribution in [2.45, 2.75) is 77.8 Å². The van der Waals surface area contributed by atoms with Crippen LogP contribution in [0.3, 0.4) is 0 Å². The topological polar surface area (TPSA) is 55.1 Å². The molecule has 1 amide bonds. The van der Waals surface area contributed by atoms with Gasteiger partial charge in [0.1, 0.15) is 0 Å². The van der Waals surface area contributed by atoms with E-state index in [0.29, 0.717) is 0 Å². The highest BCUT2D eigenvalue weighted by Gasteiger charge is 2.36.